The third-order valence-electron chi connectivity index (χ3n) is 3.82. The summed E-state index contributed by atoms with van der Waals surface area (Å²) < 4.78 is 5.57. The Labute approximate surface area is 141 Å². The molecule has 0 radical (unpaired) electrons. The van der Waals surface area contributed by atoms with E-state index in [9.17, 15) is 4.79 Å². The number of carbonyl (C=O) groups is 1. The molecule has 0 spiro atoms. The molecule has 3 aromatic rings. The van der Waals surface area contributed by atoms with Crippen molar-refractivity contribution in [3.05, 3.63) is 66.0 Å². The molecule has 24 heavy (non-hydrogen) atoms. The van der Waals surface area contributed by atoms with Crippen molar-refractivity contribution < 1.29 is 9.53 Å². The Morgan fingerprint density at radius 1 is 1.12 bits per heavy atom. The first kappa shape index (κ1) is 16.2. The third kappa shape index (κ3) is 4.20. The molecule has 1 aromatic heterocycles. The number of carbonyl (C=O) groups excluding carboxylic acids is 1. The summed E-state index contributed by atoms with van der Waals surface area (Å²) in [5, 5.41) is 0. The van der Waals surface area contributed by atoms with Gasteiger partial charge in [0, 0.05) is 7.05 Å². The molecule has 0 saturated heterocycles. The molecule has 0 unspecified atom stereocenters. The van der Waals surface area contributed by atoms with Gasteiger partial charge in [0.15, 0.2) is 0 Å². The molecule has 0 fully saturated rings. The van der Waals surface area contributed by atoms with Gasteiger partial charge in [-0.3, -0.25) is 4.79 Å². The number of amides is 1. The number of hydrogen-bond donors (Lipinski definition) is 1. The number of nitrogens with one attached hydrogen (secondary N) is 1. The molecule has 1 amide bonds. The minimum absolute atomic E-state index is 0.0449. The van der Waals surface area contributed by atoms with E-state index in [1.165, 1.54) is 0 Å². The Kier molecular flexibility index (Phi) is 5.23. The van der Waals surface area contributed by atoms with E-state index >= 15 is 0 Å². The normalized spacial score (nSPS) is 10.9. The molecule has 1 heterocycles. The zero-order valence-corrected chi connectivity index (χ0v) is 13.7. The van der Waals surface area contributed by atoms with E-state index in [2.05, 4.69) is 9.97 Å². The summed E-state index contributed by atoms with van der Waals surface area (Å²) in [4.78, 5) is 21.6. The van der Waals surface area contributed by atoms with Gasteiger partial charge in [-0.25, -0.2) is 4.98 Å². The quantitative estimate of drug-likeness (QED) is 0.680. The maximum Gasteiger partial charge on any atom is 0.225 e. The average Bonchev–Trinajstić information content (AvgIpc) is 3.01. The Morgan fingerprint density at radius 3 is 2.67 bits per heavy atom. The standard InChI is InChI=1S/C19H21N3O2/c1-22(13-18-20-16-9-5-6-10-17(16)21-18)19(23)11-12-24-14-15-7-3-2-4-8-15/h2-10H,11-14H2,1H3,(H,20,21). The zero-order valence-electron chi connectivity index (χ0n) is 13.7. The van der Waals surface area contributed by atoms with Gasteiger partial charge in [0.25, 0.3) is 0 Å². The molecule has 0 saturated carbocycles. The smallest absolute Gasteiger partial charge is 0.225 e. The number of para-hydroxylation sites is 2. The van der Waals surface area contributed by atoms with E-state index in [0.29, 0.717) is 26.2 Å². The van der Waals surface area contributed by atoms with Gasteiger partial charge in [-0.1, -0.05) is 42.5 Å². The summed E-state index contributed by atoms with van der Waals surface area (Å²) in [6.45, 7) is 1.41. The fraction of sp³-hybridized carbons (Fsp3) is 0.263. The molecular weight excluding hydrogens is 302 g/mol. The van der Waals surface area contributed by atoms with Crippen LogP contribution in [0.4, 0.5) is 0 Å². The third-order valence-corrected chi connectivity index (χ3v) is 3.82. The number of hydrogen-bond acceptors (Lipinski definition) is 3. The predicted molar refractivity (Wildman–Crippen MR) is 93.3 cm³/mol. The molecule has 0 bridgehead atoms. The first-order valence-electron chi connectivity index (χ1n) is 8.01. The number of benzene rings is 2. The summed E-state index contributed by atoms with van der Waals surface area (Å²) >= 11 is 0. The van der Waals surface area contributed by atoms with Crippen LogP contribution in [-0.4, -0.2) is 34.4 Å². The van der Waals surface area contributed by atoms with Gasteiger partial charge in [-0.15, -0.1) is 0 Å². The predicted octanol–water partition coefficient (Wildman–Crippen LogP) is 3.13. The van der Waals surface area contributed by atoms with Gasteiger partial charge >= 0.3 is 0 Å². The highest BCUT2D eigenvalue weighted by Gasteiger charge is 2.11. The number of aromatic nitrogens is 2. The molecule has 124 valence electrons. The van der Waals surface area contributed by atoms with Crippen molar-refractivity contribution in [2.75, 3.05) is 13.7 Å². The number of rotatable bonds is 7. The van der Waals surface area contributed by atoms with Crippen LogP contribution >= 0.6 is 0 Å². The second-order valence-electron chi connectivity index (χ2n) is 5.74. The van der Waals surface area contributed by atoms with E-state index < -0.39 is 0 Å². The van der Waals surface area contributed by atoms with Crippen molar-refractivity contribution in [3.63, 3.8) is 0 Å². The average molecular weight is 323 g/mol. The molecule has 1 N–H and O–H groups in total. The summed E-state index contributed by atoms with van der Waals surface area (Å²) in [6, 6.07) is 17.8. The zero-order chi connectivity index (χ0) is 16.8. The minimum atomic E-state index is 0.0449. The Hall–Kier alpha value is -2.66. The largest absolute Gasteiger partial charge is 0.376 e. The van der Waals surface area contributed by atoms with Gasteiger partial charge in [-0.2, -0.15) is 0 Å². The Bertz CT molecular complexity index is 765. The van der Waals surface area contributed by atoms with Crippen LogP contribution in [0.3, 0.4) is 0 Å². The molecule has 0 aliphatic carbocycles. The van der Waals surface area contributed by atoms with Gasteiger partial charge in [0.05, 0.1) is 37.2 Å². The first-order chi connectivity index (χ1) is 11.7. The number of H-pyrrole nitrogens is 1. The first-order valence-corrected chi connectivity index (χ1v) is 8.01. The summed E-state index contributed by atoms with van der Waals surface area (Å²) in [5.74, 6) is 0.834. The van der Waals surface area contributed by atoms with Crippen LogP contribution in [-0.2, 0) is 22.7 Å². The van der Waals surface area contributed by atoms with Crippen LogP contribution in [0.1, 0.15) is 17.8 Å². The van der Waals surface area contributed by atoms with Crippen molar-refractivity contribution in [3.8, 4) is 0 Å². The maximum absolute atomic E-state index is 12.2. The molecule has 5 nitrogen and oxygen atoms in total. The second-order valence-corrected chi connectivity index (χ2v) is 5.74. The van der Waals surface area contributed by atoms with Gasteiger partial charge < -0.3 is 14.6 Å². The van der Waals surface area contributed by atoms with Crippen molar-refractivity contribution in [1.29, 1.82) is 0 Å². The summed E-state index contributed by atoms with van der Waals surface area (Å²) in [5.41, 5.74) is 3.01. The highest BCUT2D eigenvalue weighted by molar-refractivity contribution is 5.77. The van der Waals surface area contributed by atoms with Crippen LogP contribution in [0.15, 0.2) is 54.6 Å². The van der Waals surface area contributed by atoms with E-state index in [-0.39, 0.29) is 5.91 Å². The molecule has 2 aromatic carbocycles. The highest BCUT2D eigenvalue weighted by Crippen LogP contribution is 2.11. The van der Waals surface area contributed by atoms with Crippen molar-refractivity contribution >= 4 is 16.9 Å². The maximum atomic E-state index is 12.2. The fourth-order valence-electron chi connectivity index (χ4n) is 2.51. The lowest BCUT2D eigenvalue weighted by molar-refractivity contribution is -0.131. The van der Waals surface area contributed by atoms with E-state index in [1.54, 1.807) is 11.9 Å². The number of nitrogens with zero attached hydrogens (tertiary/aromatic N) is 2. The number of ether oxygens (including phenoxy) is 1. The lowest BCUT2D eigenvalue weighted by atomic mass is 10.2. The lowest BCUT2D eigenvalue weighted by Gasteiger charge is -2.15. The van der Waals surface area contributed by atoms with E-state index in [4.69, 9.17) is 4.74 Å². The highest BCUT2D eigenvalue weighted by atomic mass is 16.5. The van der Waals surface area contributed by atoms with Crippen LogP contribution in [0, 0.1) is 0 Å². The molecule has 0 atom stereocenters. The molecule has 5 heteroatoms. The van der Waals surface area contributed by atoms with Crippen molar-refractivity contribution in [2.45, 2.75) is 19.6 Å². The van der Waals surface area contributed by atoms with Gasteiger partial charge in [0.1, 0.15) is 5.82 Å². The van der Waals surface area contributed by atoms with Gasteiger partial charge in [-0.05, 0) is 17.7 Å². The molecular formula is C19H21N3O2. The molecule has 3 rings (SSSR count). The van der Waals surface area contributed by atoms with E-state index in [1.807, 2.05) is 54.6 Å². The molecule has 0 aliphatic heterocycles. The van der Waals surface area contributed by atoms with Gasteiger partial charge in [0.2, 0.25) is 5.91 Å². The van der Waals surface area contributed by atoms with E-state index in [0.717, 1.165) is 22.4 Å². The number of aromatic amines is 1. The SMILES string of the molecule is CN(Cc1nc2ccccc2[nH]1)C(=O)CCOCc1ccccc1. The molecule has 0 aliphatic rings. The van der Waals surface area contributed by atoms with Crippen LogP contribution in [0.2, 0.25) is 0 Å². The number of fused-ring (bicyclic) bond motifs is 1. The summed E-state index contributed by atoms with van der Waals surface area (Å²) in [7, 11) is 1.78. The monoisotopic (exact) mass is 323 g/mol. The van der Waals surface area contributed by atoms with Crippen LogP contribution in [0.25, 0.3) is 11.0 Å². The number of imidazole rings is 1. The van der Waals surface area contributed by atoms with Crippen molar-refractivity contribution in [2.24, 2.45) is 0 Å². The van der Waals surface area contributed by atoms with Crippen LogP contribution < -0.4 is 0 Å². The Balaban J connectivity index is 1.44. The summed E-state index contributed by atoms with van der Waals surface area (Å²) in [6.07, 6.45) is 0.365. The topological polar surface area (TPSA) is 58.2 Å². The Morgan fingerprint density at radius 2 is 1.88 bits per heavy atom. The fourth-order valence-corrected chi connectivity index (χ4v) is 2.51. The lowest BCUT2D eigenvalue weighted by Crippen LogP contribution is -2.27. The van der Waals surface area contributed by atoms with Crippen LogP contribution in [0.5, 0.6) is 0 Å². The second kappa shape index (κ2) is 7.75. The minimum Gasteiger partial charge on any atom is -0.376 e. The van der Waals surface area contributed by atoms with Crippen molar-refractivity contribution in [1.82, 2.24) is 14.9 Å².